The van der Waals surface area contributed by atoms with Crippen molar-refractivity contribution in [1.82, 2.24) is 9.97 Å². The molecular formula is C8H6N4O5S. The molecule has 0 aliphatic heterocycles. The van der Waals surface area contributed by atoms with Gasteiger partial charge in [-0.15, -0.1) is 0 Å². The van der Waals surface area contributed by atoms with Gasteiger partial charge < -0.3 is 4.98 Å². The normalized spacial score (nSPS) is 11.6. The number of sulfonamides is 1. The van der Waals surface area contributed by atoms with E-state index in [9.17, 15) is 23.3 Å². The van der Waals surface area contributed by atoms with Gasteiger partial charge in [0, 0.05) is 6.07 Å². The summed E-state index contributed by atoms with van der Waals surface area (Å²) in [6.45, 7) is 0. The fourth-order valence-electron chi connectivity index (χ4n) is 1.46. The fourth-order valence-corrected chi connectivity index (χ4v) is 2.16. The second-order valence-electron chi connectivity index (χ2n) is 3.37. The molecule has 0 saturated carbocycles. The predicted octanol–water partition coefficient (Wildman–Crippen LogP) is -0.521. The molecule has 0 saturated heterocycles. The maximum Gasteiger partial charge on any atom is 0.290 e. The van der Waals surface area contributed by atoms with Crippen LogP contribution in [0.15, 0.2) is 28.2 Å². The first kappa shape index (κ1) is 12.1. The van der Waals surface area contributed by atoms with Crippen LogP contribution in [-0.2, 0) is 10.0 Å². The standard InChI is InChI=1S/C8H6N4O5S/c9-18(16,17)7-2-5-4(1-6(7)12(14)15)8(13)11-3-10-5/h1-3H,(H2,9,16,17)(H,10,11,13). The van der Waals surface area contributed by atoms with Gasteiger partial charge in [-0.1, -0.05) is 0 Å². The molecule has 0 aliphatic rings. The number of rotatable bonds is 2. The van der Waals surface area contributed by atoms with Gasteiger partial charge in [-0.25, -0.2) is 18.5 Å². The molecule has 9 nitrogen and oxygen atoms in total. The number of nitrogens with zero attached hydrogens (tertiary/aromatic N) is 2. The Hall–Kier alpha value is -2.33. The lowest BCUT2D eigenvalue weighted by atomic mass is 10.2. The maximum atomic E-state index is 11.4. The molecule has 1 heterocycles. The molecule has 0 bridgehead atoms. The summed E-state index contributed by atoms with van der Waals surface area (Å²) in [6, 6.07) is 1.74. The largest absolute Gasteiger partial charge is 0.313 e. The minimum absolute atomic E-state index is 0.00775. The second kappa shape index (κ2) is 3.85. The number of H-pyrrole nitrogens is 1. The van der Waals surface area contributed by atoms with Gasteiger partial charge in [0.05, 0.1) is 22.2 Å². The van der Waals surface area contributed by atoms with E-state index in [0.717, 1.165) is 18.5 Å². The Morgan fingerprint density at radius 1 is 1.39 bits per heavy atom. The lowest BCUT2D eigenvalue weighted by molar-refractivity contribution is -0.387. The number of aromatic nitrogens is 2. The zero-order valence-electron chi connectivity index (χ0n) is 8.65. The van der Waals surface area contributed by atoms with Crippen molar-refractivity contribution in [2.45, 2.75) is 4.90 Å². The van der Waals surface area contributed by atoms with Crippen LogP contribution >= 0.6 is 0 Å². The van der Waals surface area contributed by atoms with Gasteiger partial charge in [0.1, 0.15) is 0 Å². The first-order chi connectivity index (χ1) is 8.30. The highest BCUT2D eigenvalue weighted by Gasteiger charge is 2.24. The Labute approximate surface area is 99.5 Å². The summed E-state index contributed by atoms with van der Waals surface area (Å²) < 4.78 is 22.5. The number of benzene rings is 1. The number of nitro groups is 1. The lowest BCUT2D eigenvalue weighted by Gasteiger charge is -2.02. The van der Waals surface area contributed by atoms with E-state index in [1.54, 1.807) is 0 Å². The molecule has 18 heavy (non-hydrogen) atoms. The van der Waals surface area contributed by atoms with Crippen molar-refractivity contribution >= 4 is 26.6 Å². The third kappa shape index (κ3) is 1.94. The van der Waals surface area contributed by atoms with Crippen molar-refractivity contribution in [2.75, 3.05) is 0 Å². The highest BCUT2D eigenvalue weighted by atomic mass is 32.2. The smallest absolute Gasteiger partial charge is 0.290 e. The van der Waals surface area contributed by atoms with E-state index in [1.165, 1.54) is 0 Å². The van der Waals surface area contributed by atoms with E-state index in [-0.39, 0.29) is 10.9 Å². The van der Waals surface area contributed by atoms with Crippen LogP contribution in [0.1, 0.15) is 0 Å². The molecule has 0 aliphatic carbocycles. The SMILES string of the molecule is NS(=O)(=O)c1cc2nc[nH]c(=O)c2cc1[N+](=O)[O-]. The molecule has 2 aromatic rings. The van der Waals surface area contributed by atoms with Gasteiger partial charge in [-0.2, -0.15) is 0 Å². The van der Waals surface area contributed by atoms with Crippen LogP contribution in [-0.4, -0.2) is 23.3 Å². The van der Waals surface area contributed by atoms with Gasteiger partial charge in [0.25, 0.3) is 11.2 Å². The topological polar surface area (TPSA) is 149 Å². The van der Waals surface area contributed by atoms with Gasteiger partial charge in [0.2, 0.25) is 10.0 Å². The third-order valence-electron chi connectivity index (χ3n) is 2.22. The number of primary sulfonamides is 1. The molecule has 1 aromatic heterocycles. The number of fused-ring (bicyclic) bond motifs is 1. The molecule has 2 rings (SSSR count). The maximum absolute atomic E-state index is 11.4. The van der Waals surface area contributed by atoms with Crippen LogP contribution in [0.3, 0.4) is 0 Å². The number of nitrogens with two attached hydrogens (primary N) is 1. The van der Waals surface area contributed by atoms with Crippen LogP contribution in [0, 0.1) is 10.1 Å². The van der Waals surface area contributed by atoms with Crippen molar-refractivity contribution in [1.29, 1.82) is 0 Å². The average molecular weight is 270 g/mol. The average Bonchev–Trinajstić information content (AvgIpc) is 2.26. The van der Waals surface area contributed by atoms with E-state index in [1.807, 2.05) is 0 Å². The van der Waals surface area contributed by atoms with Gasteiger partial charge in [-0.05, 0) is 6.07 Å². The highest BCUT2D eigenvalue weighted by Crippen LogP contribution is 2.25. The number of aromatic amines is 1. The number of nitrogens with one attached hydrogen (secondary N) is 1. The zero-order chi connectivity index (χ0) is 13.5. The minimum atomic E-state index is -4.28. The van der Waals surface area contributed by atoms with Crippen LogP contribution in [0.4, 0.5) is 5.69 Å². The van der Waals surface area contributed by atoms with Crippen molar-refractivity contribution < 1.29 is 13.3 Å². The summed E-state index contributed by atoms with van der Waals surface area (Å²) in [5.41, 5.74) is -1.36. The molecule has 3 N–H and O–H groups in total. The van der Waals surface area contributed by atoms with Crippen molar-refractivity contribution in [3.8, 4) is 0 Å². The second-order valence-corrected chi connectivity index (χ2v) is 4.90. The first-order valence-corrected chi connectivity index (χ1v) is 6.04. The Bertz CT molecular complexity index is 810. The number of nitro benzene ring substituents is 1. The summed E-state index contributed by atoms with van der Waals surface area (Å²) in [5.74, 6) is 0. The number of hydrogen-bond acceptors (Lipinski definition) is 6. The van der Waals surface area contributed by atoms with Crippen LogP contribution < -0.4 is 10.7 Å². The van der Waals surface area contributed by atoms with E-state index < -0.39 is 31.1 Å². The summed E-state index contributed by atoms with van der Waals surface area (Å²) in [6.07, 6.45) is 1.06. The summed E-state index contributed by atoms with van der Waals surface area (Å²) >= 11 is 0. The van der Waals surface area contributed by atoms with Gasteiger partial charge >= 0.3 is 0 Å². The lowest BCUT2D eigenvalue weighted by Crippen LogP contribution is -2.15. The highest BCUT2D eigenvalue weighted by molar-refractivity contribution is 7.89. The van der Waals surface area contributed by atoms with Crippen molar-refractivity contribution in [2.24, 2.45) is 5.14 Å². The summed E-state index contributed by atoms with van der Waals surface area (Å²) in [7, 11) is -4.28. The van der Waals surface area contributed by atoms with Crippen LogP contribution in [0.2, 0.25) is 0 Å². The quantitative estimate of drug-likeness (QED) is 0.553. The van der Waals surface area contributed by atoms with Crippen molar-refractivity contribution in [3.05, 3.63) is 38.9 Å². The molecule has 10 heteroatoms. The minimum Gasteiger partial charge on any atom is -0.313 e. The molecule has 1 aromatic carbocycles. The van der Waals surface area contributed by atoms with E-state index >= 15 is 0 Å². The molecule has 0 radical (unpaired) electrons. The van der Waals surface area contributed by atoms with E-state index in [0.29, 0.717) is 0 Å². The fraction of sp³-hybridized carbons (Fsp3) is 0. The monoisotopic (exact) mass is 270 g/mol. The predicted molar refractivity (Wildman–Crippen MR) is 60.4 cm³/mol. The molecule has 94 valence electrons. The van der Waals surface area contributed by atoms with Gasteiger partial charge in [0.15, 0.2) is 4.90 Å². The zero-order valence-corrected chi connectivity index (χ0v) is 9.47. The van der Waals surface area contributed by atoms with Gasteiger partial charge in [-0.3, -0.25) is 14.9 Å². The Morgan fingerprint density at radius 3 is 2.61 bits per heavy atom. The molecule has 0 fully saturated rings. The Morgan fingerprint density at radius 2 is 2.06 bits per heavy atom. The molecular weight excluding hydrogens is 264 g/mol. The van der Waals surface area contributed by atoms with E-state index in [2.05, 4.69) is 9.97 Å². The van der Waals surface area contributed by atoms with Crippen molar-refractivity contribution in [3.63, 3.8) is 0 Å². The van der Waals surface area contributed by atoms with Crippen LogP contribution in [0.25, 0.3) is 10.9 Å². The molecule has 0 spiro atoms. The number of hydrogen-bond donors (Lipinski definition) is 2. The third-order valence-corrected chi connectivity index (χ3v) is 3.16. The first-order valence-electron chi connectivity index (χ1n) is 4.49. The molecule has 0 unspecified atom stereocenters. The van der Waals surface area contributed by atoms with Crippen LogP contribution in [0.5, 0.6) is 0 Å². The Balaban J connectivity index is 3.00. The summed E-state index contributed by atoms with van der Waals surface area (Å²) in [5, 5.41) is 15.6. The molecule has 0 amide bonds. The summed E-state index contributed by atoms with van der Waals surface area (Å²) in [4.78, 5) is 26.5. The van der Waals surface area contributed by atoms with E-state index in [4.69, 9.17) is 5.14 Å². The molecule has 0 atom stereocenters. The Kier molecular flexibility index (Phi) is 2.60.